The fraction of sp³-hybridized carbons (Fsp3) is 0.500. The number of benzene rings is 2. The molecule has 0 N–H and O–H groups in total. The summed E-state index contributed by atoms with van der Waals surface area (Å²) >= 11 is 0. The van der Waals surface area contributed by atoms with Crippen LogP contribution in [0, 0.1) is 5.92 Å². The molecule has 144 valence electrons. The van der Waals surface area contributed by atoms with Crippen molar-refractivity contribution in [3.63, 3.8) is 0 Å². The second kappa shape index (κ2) is 9.01. The van der Waals surface area contributed by atoms with E-state index in [1.807, 2.05) is 0 Å². The SMILES string of the molecule is C[C@H]([C@@H](c1ccccc1)N1CCCC1)[C@@H](c1ccccc1)N1CCOCC1. The summed E-state index contributed by atoms with van der Waals surface area (Å²) in [7, 11) is 0. The van der Waals surface area contributed by atoms with Crippen molar-refractivity contribution in [3.8, 4) is 0 Å². The number of nitrogens with zero attached hydrogens (tertiary/aromatic N) is 2. The average molecular weight is 365 g/mol. The Bertz CT molecular complexity index is 678. The third kappa shape index (κ3) is 4.26. The van der Waals surface area contributed by atoms with Gasteiger partial charge in [-0.05, 0) is 43.0 Å². The number of rotatable bonds is 6. The van der Waals surface area contributed by atoms with Gasteiger partial charge in [0.1, 0.15) is 0 Å². The highest BCUT2D eigenvalue weighted by Crippen LogP contribution is 2.41. The van der Waals surface area contributed by atoms with Gasteiger partial charge in [-0.25, -0.2) is 0 Å². The maximum absolute atomic E-state index is 5.66. The van der Waals surface area contributed by atoms with E-state index in [0.717, 1.165) is 26.3 Å². The molecule has 3 heteroatoms. The van der Waals surface area contributed by atoms with Gasteiger partial charge in [-0.2, -0.15) is 0 Å². The molecule has 0 unspecified atom stereocenters. The van der Waals surface area contributed by atoms with E-state index in [-0.39, 0.29) is 0 Å². The van der Waals surface area contributed by atoms with E-state index in [9.17, 15) is 0 Å². The van der Waals surface area contributed by atoms with Gasteiger partial charge in [0.2, 0.25) is 0 Å². The van der Waals surface area contributed by atoms with Crippen molar-refractivity contribution in [3.05, 3.63) is 71.8 Å². The highest BCUT2D eigenvalue weighted by molar-refractivity contribution is 5.25. The van der Waals surface area contributed by atoms with Crippen molar-refractivity contribution < 1.29 is 4.74 Å². The van der Waals surface area contributed by atoms with Gasteiger partial charge in [-0.3, -0.25) is 9.80 Å². The number of hydrogen-bond acceptors (Lipinski definition) is 3. The van der Waals surface area contributed by atoms with Crippen molar-refractivity contribution in [2.24, 2.45) is 5.92 Å². The Hall–Kier alpha value is -1.68. The predicted octanol–water partition coefficient (Wildman–Crippen LogP) is 4.53. The van der Waals surface area contributed by atoms with Crippen LogP contribution in [0.5, 0.6) is 0 Å². The zero-order valence-electron chi connectivity index (χ0n) is 16.5. The molecule has 0 saturated carbocycles. The molecule has 0 aromatic heterocycles. The number of likely N-dealkylation sites (tertiary alicyclic amines) is 1. The Kier molecular flexibility index (Phi) is 6.23. The fourth-order valence-electron chi connectivity index (χ4n) is 5.04. The van der Waals surface area contributed by atoms with Crippen molar-refractivity contribution in [1.29, 1.82) is 0 Å². The molecular weight excluding hydrogens is 332 g/mol. The lowest BCUT2D eigenvalue weighted by atomic mass is 9.83. The van der Waals surface area contributed by atoms with Crippen molar-refractivity contribution >= 4 is 0 Å². The number of morpholine rings is 1. The molecule has 2 aromatic carbocycles. The standard InChI is InChI=1S/C24H32N2O/c1-20(23(25-14-8-9-15-25)21-10-4-2-5-11-21)24(22-12-6-3-7-13-22)26-16-18-27-19-17-26/h2-7,10-13,20,23-24H,8-9,14-19H2,1H3/t20-,23+,24+/m1/s1. The third-order valence-corrected chi connectivity index (χ3v) is 6.25. The van der Waals surface area contributed by atoms with E-state index in [2.05, 4.69) is 77.4 Å². The van der Waals surface area contributed by atoms with Gasteiger partial charge in [0.05, 0.1) is 13.2 Å². The maximum Gasteiger partial charge on any atom is 0.0594 e. The Morgan fingerprint density at radius 3 is 1.59 bits per heavy atom. The summed E-state index contributed by atoms with van der Waals surface area (Å²) in [4.78, 5) is 5.37. The summed E-state index contributed by atoms with van der Waals surface area (Å²) in [6, 6.07) is 23.1. The van der Waals surface area contributed by atoms with Gasteiger partial charge in [-0.15, -0.1) is 0 Å². The van der Waals surface area contributed by atoms with Gasteiger partial charge in [-0.1, -0.05) is 67.6 Å². The van der Waals surface area contributed by atoms with Gasteiger partial charge in [0, 0.05) is 25.2 Å². The lowest BCUT2D eigenvalue weighted by Gasteiger charge is -2.43. The van der Waals surface area contributed by atoms with Gasteiger partial charge < -0.3 is 4.74 Å². The molecule has 0 aliphatic carbocycles. The Morgan fingerprint density at radius 2 is 1.11 bits per heavy atom. The third-order valence-electron chi connectivity index (χ3n) is 6.25. The van der Waals surface area contributed by atoms with E-state index >= 15 is 0 Å². The summed E-state index contributed by atoms with van der Waals surface area (Å²) in [5.74, 6) is 0.506. The topological polar surface area (TPSA) is 15.7 Å². The average Bonchev–Trinajstić information content (AvgIpc) is 3.25. The van der Waals surface area contributed by atoms with Crippen LogP contribution in [0.1, 0.15) is 43.0 Å². The van der Waals surface area contributed by atoms with E-state index in [1.54, 1.807) is 0 Å². The van der Waals surface area contributed by atoms with Gasteiger partial charge >= 0.3 is 0 Å². The largest absolute Gasteiger partial charge is 0.379 e. The summed E-state index contributed by atoms with van der Waals surface area (Å²) in [5.41, 5.74) is 2.90. The number of hydrogen-bond donors (Lipinski definition) is 0. The van der Waals surface area contributed by atoms with Crippen molar-refractivity contribution in [2.45, 2.75) is 31.8 Å². The fourth-order valence-corrected chi connectivity index (χ4v) is 5.04. The molecule has 2 aliphatic heterocycles. The van der Waals surface area contributed by atoms with Crippen LogP contribution in [0.15, 0.2) is 60.7 Å². The number of ether oxygens (including phenoxy) is 1. The molecule has 2 aliphatic rings. The highest BCUT2D eigenvalue weighted by Gasteiger charge is 2.36. The molecule has 3 nitrogen and oxygen atoms in total. The molecular formula is C24H32N2O. The van der Waals surface area contributed by atoms with E-state index in [0.29, 0.717) is 18.0 Å². The summed E-state index contributed by atoms with van der Waals surface area (Å²) < 4.78 is 5.66. The molecule has 2 aromatic rings. The molecule has 0 amide bonds. The summed E-state index contributed by atoms with van der Waals surface area (Å²) in [5, 5.41) is 0. The van der Waals surface area contributed by atoms with Crippen LogP contribution in [0.25, 0.3) is 0 Å². The molecule has 2 saturated heterocycles. The minimum Gasteiger partial charge on any atom is -0.379 e. The van der Waals surface area contributed by atoms with E-state index < -0.39 is 0 Å². The van der Waals surface area contributed by atoms with Gasteiger partial charge in [0.15, 0.2) is 0 Å². The maximum atomic E-state index is 5.66. The first-order valence-electron chi connectivity index (χ1n) is 10.5. The predicted molar refractivity (Wildman–Crippen MR) is 111 cm³/mol. The van der Waals surface area contributed by atoms with Gasteiger partial charge in [0.25, 0.3) is 0 Å². The second-order valence-electron chi connectivity index (χ2n) is 7.96. The van der Waals surface area contributed by atoms with Crippen LogP contribution in [0.3, 0.4) is 0 Å². The molecule has 0 bridgehead atoms. The smallest absolute Gasteiger partial charge is 0.0594 e. The van der Waals surface area contributed by atoms with Crippen LogP contribution in [-0.2, 0) is 4.74 Å². The zero-order chi connectivity index (χ0) is 18.5. The van der Waals surface area contributed by atoms with Crippen LogP contribution in [-0.4, -0.2) is 49.2 Å². The molecule has 3 atom stereocenters. The molecule has 4 rings (SSSR count). The Labute approximate surface area is 163 Å². The summed E-state index contributed by atoms with van der Waals surface area (Å²) in [6.45, 7) is 8.62. The summed E-state index contributed by atoms with van der Waals surface area (Å²) in [6.07, 6.45) is 2.65. The van der Waals surface area contributed by atoms with Crippen LogP contribution in [0.4, 0.5) is 0 Å². The first-order valence-corrected chi connectivity index (χ1v) is 10.5. The first-order chi connectivity index (χ1) is 13.3. The quantitative estimate of drug-likeness (QED) is 0.749. The normalized spacial score (nSPS) is 22.4. The molecule has 2 fully saturated rings. The molecule has 0 spiro atoms. The van der Waals surface area contributed by atoms with Crippen LogP contribution >= 0.6 is 0 Å². The molecule has 0 radical (unpaired) electrons. The highest BCUT2D eigenvalue weighted by atomic mass is 16.5. The van der Waals surface area contributed by atoms with Crippen molar-refractivity contribution in [1.82, 2.24) is 9.80 Å². The minimum absolute atomic E-state index is 0.418. The first kappa shape index (κ1) is 18.7. The van der Waals surface area contributed by atoms with Crippen LogP contribution in [0.2, 0.25) is 0 Å². The lowest BCUT2D eigenvalue weighted by Crippen LogP contribution is -2.44. The molecule has 2 heterocycles. The molecule has 27 heavy (non-hydrogen) atoms. The second-order valence-corrected chi connectivity index (χ2v) is 7.96. The zero-order valence-corrected chi connectivity index (χ0v) is 16.5. The lowest BCUT2D eigenvalue weighted by molar-refractivity contribution is -0.00942. The van der Waals surface area contributed by atoms with Crippen molar-refractivity contribution in [2.75, 3.05) is 39.4 Å². The Balaban J connectivity index is 1.69. The van der Waals surface area contributed by atoms with Crippen LogP contribution < -0.4 is 0 Å². The Morgan fingerprint density at radius 1 is 0.667 bits per heavy atom. The van der Waals surface area contributed by atoms with E-state index in [1.165, 1.54) is 37.1 Å². The minimum atomic E-state index is 0.418. The van der Waals surface area contributed by atoms with E-state index in [4.69, 9.17) is 4.74 Å². The monoisotopic (exact) mass is 364 g/mol.